The molecule has 6 heteroatoms. The Labute approximate surface area is 152 Å². The number of rotatable bonds is 6. The summed E-state index contributed by atoms with van der Waals surface area (Å²) < 4.78 is 0. The molecule has 0 saturated carbocycles. The second-order valence-corrected chi connectivity index (χ2v) is 7.13. The Kier molecular flexibility index (Phi) is 6.04. The molecule has 2 heterocycles. The van der Waals surface area contributed by atoms with E-state index >= 15 is 0 Å². The zero-order chi connectivity index (χ0) is 17.5. The number of carbonyl (C=O) groups excluding carboxylic acids is 1. The SMILES string of the molecule is N#Cc1ccc(CNC(=O)NCC(c2cccs2)N2CCCC2)cc1. The maximum atomic E-state index is 12.1. The number of carbonyl (C=O) groups is 1. The first kappa shape index (κ1) is 17.5. The fourth-order valence-electron chi connectivity index (χ4n) is 3.08. The molecule has 1 unspecified atom stereocenters. The molecule has 130 valence electrons. The lowest BCUT2D eigenvalue weighted by Crippen LogP contribution is -2.41. The van der Waals surface area contributed by atoms with Gasteiger partial charge in [0.1, 0.15) is 0 Å². The maximum Gasteiger partial charge on any atom is 0.315 e. The van der Waals surface area contributed by atoms with Gasteiger partial charge in [0.2, 0.25) is 0 Å². The molecule has 3 rings (SSSR count). The normalized spacial score (nSPS) is 15.5. The molecule has 1 aromatic heterocycles. The van der Waals surface area contributed by atoms with E-state index in [-0.39, 0.29) is 12.1 Å². The van der Waals surface area contributed by atoms with Crippen LogP contribution < -0.4 is 10.6 Å². The topological polar surface area (TPSA) is 68.2 Å². The largest absolute Gasteiger partial charge is 0.336 e. The van der Waals surface area contributed by atoms with E-state index in [1.54, 1.807) is 23.5 Å². The zero-order valence-corrected chi connectivity index (χ0v) is 14.9. The van der Waals surface area contributed by atoms with Crippen LogP contribution in [0.1, 0.15) is 34.9 Å². The first-order valence-electron chi connectivity index (χ1n) is 8.54. The van der Waals surface area contributed by atoms with Crippen LogP contribution >= 0.6 is 11.3 Å². The van der Waals surface area contributed by atoms with Crippen molar-refractivity contribution in [3.05, 3.63) is 57.8 Å². The van der Waals surface area contributed by atoms with Gasteiger partial charge in [-0.3, -0.25) is 4.90 Å². The van der Waals surface area contributed by atoms with Crippen molar-refractivity contribution in [3.63, 3.8) is 0 Å². The van der Waals surface area contributed by atoms with Crippen molar-refractivity contribution in [2.24, 2.45) is 0 Å². The van der Waals surface area contributed by atoms with E-state index in [0.717, 1.165) is 18.7 Å². The Morgan fingerprint density at radius 3 is 2.60 bits per heavy atom. The molecule has 0 radical (unpaired) electrons. The molecule has 1 aromatic carbocycles. The summed E-state index contributed by atoms with van der Waals surface area (Å²) in [5, 5.41) is 16.8. The summed E-state index contributed by atoms with van der Waals surface area (Å²) in [4.78, 5) is 15.9. The number of hydrogen-bond acceptors (Lipinski definition) is 4. The van der Waals surface area contributed by atoms with Crippen molar-refractivity contribution >= 4 is 17.4 Å². The quantitative estimate of drug-likeness (QED) is 0.837. The second kappa shape index (κ2) is 8.65. The van der Waals surface area contributed by atoms with Gasteiger partial charge in [0.15, 0.2) is 0 Å². The number of nitriles is 1. The van der Waals surface area contributed by atoms with Gasteiger partial charge in [0.05, 0.1) is 17.7 Å². The van der Waals surface area contributed by atoms with E-state index in [9.17, 15) is 4.79 Å². The number of amides is 2. The molecular weight excluding hydrogens is 332 g/mol. The molecule has 0 aliphatic carbocycles. The highest BCUT2D eigenvalue weighted by atomic mass is 32.1. The van der Waals surface area contributed by atoms with Crippen molar-refractivity contribution in [1.82, 2.24) is 15.5 Å². The Morgan fingerprint density at radius 2 is 1.96 bits per heavy atom. The first-order chi connectivity index (χ1) is 12.3. The van der Waals surface area contributed by atoms with Gasteiger partial charge in [0, 0.05) is 18.0 Å². The van der Waals surface area contributed by atoms with Crippen LogP contribution in [0.15, 0.2) is 41.8 Å². The fraction of sp³-hybridized carbons (Fsp3) is 0.368. The van der Waals surface area contributed by atoms with Crippen LogP contribution in [0.2, 0.25) is 0 Å². The maximum absolute atomic E-state index is 12.1. The summed E-state index contributed by atoms with van der Waals surface area (Å²) in [5.74, 6) is 0. The van der Waals surface area contributed by atoms with Gasteiger partial charge in [0.25, 0.3) is 0 Å². The lowest BCUT2D eigenvalue weighted by Gasteiger charge is -2.26. The van der Waals surface area contributed by atoms with Gasteiger partial charge in [-0.05, 0) is 55.1 Å². The summed E-state index contributed by atoms with van der Waals surface area (Å²) in [6.07, 6.45) is 2.46. The molecule has 1 fully saturated rings. The lowest BCUT2D eigenvalue weighted by molar-refractivity contribution is 0.222. The molecule has 2 N–H and O–H groups in total. The number of likely N-dealkylation sites (tertiary alicyclic amines) is 1. The van der Waals surface area contributed by atoms with E-state index in [4.69, 9.17) is 5.26 Å². The zero-order valence-electron chi connectivity index (χ0n) is 14.1. The van der Waals surface area contributed by atoms with Crippen LogP contribution in [0.25, 0.3) is 0 Å². The minimum atomic E-state index is -0.162. The average Bonchev–Trinajstić information content (AvgIpc) is 3.35. The molecule has 25 heavy (non-hydrogen) atoms. The Bertz CT molecular complexity index is 715. The minimum absolute atomic E-state index is 0.162. The minimum Gasteiger partial charge on any atom is -0.336 e. The summed E-state index contributed by atoms with van der Waals surface area (Å²) in [6, 6.07) is 13.6. The van der Waals surface area contributed by atoms with Crippen LogP contribution in [0, 0.1) is 11.3 Å². The van der Waals surface area contributed by atoms with E-state index in [1.165, 1.54) is 17.7 Å². The average molecular weight is 354 g/mol. The van der Waals surface area contributed by atoms with E-state index in [0.29, 0.717) is 18.7 Å². The van der Waals surface area contributed by atoms with Crippen molar-refractivity contribution in [3.8, 4) is 6.07 Å². The number of nitrogens with zero attached hydrogens (tertiary/aromatic N) is 2. The summed E-state index contributed by atoms with van der Waals surface area (Å²) in [7, 11) is 0. The molecule has 1 saturated heterocycles. The standard InChI is InChI=1S/C19H22N4OS/c20-12-15-5-7-16(8-6-15)13-21-19(24)22-14-17(18-4-3-11-25-18)23-9-1-2-10-23/h3-8,11,17H,1-2,9-10,13-14H2,(H2,21,22,24). The van der Waals surface area contributed by atoms with Gasteiger partial charge < -0.3 is 10.6 Å². The fourth-order valence-corrected chi connectivity index (χ4v) is 3.94. The monoisotopic (exact) mass is 354 g/mol. The molecule has 0 bridgehead atoms. The van der Waals surface area contributed by atoms with Crippen molar-refractivity contribution in [2.75, 3.05) is 19.6 Å². The van der Waals surface area contributed by atoms with Gasteiger partial charge in [-0.1, -0.05) is 18.2 Å². The number of benzene rings is 1. The van der Waals surface area contributed by atoms with E-state index in [2.05, 4.69) is 39.1 Å². The van der Waals surface area contributed by atoms with E-state index in [1.807, 2.05) is 12.1 Å². The highest BCUT2D eigenvalue weighted by Crippen LogP contribution is 2.27. The third kappa shape index (κ3) is 4.81. The Morgan fingerprint density at radius 1 is 1.20 bits per heavy atom. The summed E-state index contributed by atoms with van der Waals surface area (Å²) in [5.41, 5.74) is 1.60. The third-order valence-electron chi connectivity index (χ3n) is 4.45. The van der Waals surface area contributed by atoms with Gasteiger partial charge in [-0.2, -0.15) is 5.26 Å². The predicted octanol–water partition coefficient (Wildman–Crippen LogP) is 3.26. The Balaban J connectivity index is 1.50. The molecule has 1 aliphatic rings. The molecule has 0 spiro atoms. The van der Waals surface area contributed by atoms with Gasteiger partial charge in [-0.15, -0.1) is 11.3 Å². The third-order valence-corrected chi connectivity index (χ3v) is 5.42. The smallest absolute Gasteiger partial charge is 0.315 e. The van der Waals surface area contributed by atoms with Gasteiger partial charge >= 0.3 is 6.03 Å². The lowest BCUT2D eigenvalue weighted by atomic mass is 10.1. The Hall–Kier alpha value is -2.36. The van der Waals surface area contributed by atoms with Crippen molar-refractivity contribution in [2.45, 2.75) is 25.4 Å². The van der Waals surface area contributed by atoms with Crippen LogP contribution in [-0.4, -0.2) is 30.6 Å². The highest BCUT2D eigenvalue weighted by Gasteiger charge is 2.24. The molecular formula is C19H22N4OS. The molecule has 5 nitrogen and oxygen atoms in total. The van der Waals surface area contributed by atoms with Crippen molar-refractivity contribution in [1.29, 1.82) is 5.26 Å². The van der Waals surface area contributed by atoms with E-state index < -0.39 is 0 Å². The van der Waals surface area contributed by atoms with Gasteiger partial charge in [-0.25, -0.2) is 4.79 Å². The molecule has 2 amide bonds. The molecule has 2 aromatic rings. The first-order valence-corrected chi connectivity index (χ1v) is 9.42. The van der Waals surface area contributed by atoms with Crippen LogP contribution in [0.3, 0.4) is 0 Å². The van der Waals surface area contributed by atoms with Crippen LogP contribution in [0.5, 0.6) is 0 Å². The predicted molar refractivity (Wildman–Crippen MR) is 99.3 cm³/mol. The molecule has 1 atom stereocenters. The highest BCUT2D eigenvalue weighted by molar-refractivity contribution is 7.10. The number of hydrogen-bond donors (Lipinski definition) is 2. The number of nitrogens with one attached hydrogen (secondary N) is 2. The molecule has 1 aliphatic heterocycles. The number of thiophene rings is 1. The van der Waals surface area contributed by atoms with Crippen LogP contribution in [0.4, 0.5) is 4.79 Å². The van der Waals surface area contributed by atoms with Crippen LogP contribution in [-0.2, 0) is 6.54 Å². The summed E-state index contributed by atoms with van der Waals surface area (Å²) in [6.45, 7) is 3.25. The second-order valence-electron chi connectivity index (χ2n) is 6.15. The summed E-state index contributed by atoms with van der Waals surface area (Å²) >= 11 is 1.74. The number of urea groups is 1. The van der Waals surface area contributed by atoms with Crippen molar-refractivity contribution < 1.29 is 4.79 Å².